The van der Waals surface area contributed by atoms with Crippen molar-refractivity contribution in [2.75, 3.05) is 11.5 Å². The van der Waals surface area contributed by atoms with Gasteiger partial charge in [-0.25, -0.2) is 5.43 Å². The van der Waals surface area contributed by atoms with Gasteiger partial charge in [-0.05, 0) is 6.92 Å². The van der Waals surface area contributed by atoms with Crippen molar-refractivity contribution >= 4 is 41.3 Å². The van der Waals surface area contributed by atoms with Crippen LogP contribution in [0.4, 0.5) is 5.69 Å². The summed E-state index contributed by atoms with van der Waals surface area (Å²) in [6.07, 6.45) is 1.80. The second kappa shape index (κ2) is 6.95. The third-order valence-corrected chi connectivity index (χ3v) is 6.16. The van der Waals surface area contributed by atoms with Gasteiger partial charge in [0, 0.05) is 29.2 Å². The van der Waals surface area contributed by atoms with Gasteiger partial charge >= 0.3 is 0 Å². The number of carbonyl (C=O) groups is 1. The summed E-state index contributed by atoms with van der Waals surface area (Å²) in [5.41, 5.74) is 3.03. The first-order chi connectivity index (χ1) is 9.98. The zero-order valence-corrected chi connectivity index (χ0v) is 13.1. The molecule has 8 heteroatoms. The molecule has 1 N–H and O–H groups in total. The predicted molar refractivity (Wildman–Crippen MR) is 86.8 cm³/mol. The number of amides is 1. The largest absolute Gasteiger partial charge is 0.273 e. The predicted octanol–water partition coefficient (Wildman–Crippen LogP) is 2.63. The third kappa shape index (κ3) is 4.75. The maximum Gasteiger partial charge on any atom is 0.270 e. The summed E-state index contributed by atoms with van der Waals surface area (Å²) in [5, 5.41) is 14.5. The number of nitrogens with zero attached hydrogens (tertiary/aromatic N) is 2. The Bertz CT molecular complexity index is 572. The van der Waals surface area contributed by atoms with Crippen molar-refractivity contribution in [3.05, 3.63) is 39.9 Å². The van der Waals surface area contributed by atoms with E-state index in [1.54, 1.807) is 35.7 Å². The summed E-state index contributed by atoms with van der Waals surface area (Å²) in [5.74, 6) is 1.97. The van der Waals surface area contributed by atoms with Crippen LogP contribution in [0.5, 0.6) is 0 Å². The number of thioether (sulfide) groups is 2. The van der Waals surface area contributed by atoms with Gasteiger partial charge in [0.2, 0.25) is 5.91 Å². The molecule has 0 radical (unpaired) electrons. The number of nitrogens with one attached hydrogen (secondary N) is 1. The van der Waals surface area contributed by atoms with Gasteiger partial charge in [0.15, 0.2) is 0 Å². The van der Waals surface area contributed by atoms with E-state index in [2.05, 4.69) is 17.5 Å². The molecule has 1 saturated heterocycles. The molecule has 0 aromatic heterocycles. The molecule has 0 aliphatic carbocycles. The van der Waals surface area contributed by atoms with Gasteiger partial charge in [-0.3, -0.25) is 14.9 Å². The molecule has 0 saturated carbocycles. The second-order valence-corrected chi connectivity index (χ2v) is 8.11. The number of hydrogen-bond acceptors (Lipinski definition) is 6. The van der Waals surface area contributed by atoms with E-state index in [-0.39, 0.29) is 15.7 Å². The highest BCUT2D eigenvalue weighted by Crippen LogP contribution is 2.45. The van der Waals surface area contributed by atoms with Crippen molar-refractivity contribution in [1.29, 1.82) is 0 Å². The van der Waals surface area contributed by atoms with Crippen LogP contribution in [0.15, 0.2) is 29.4 Å². The van der Waals surface area contributed by atoms with Crippen LogP contribution < -0.4 is 5.43 Å². The summed E-state index contributed by atoms with van der Waals surface area (Å²) in [6, 6.07) is 6.08. The Morgan fingerprint density at radius 1 is 1.52 bits per heavy atom. The van der Waals surface area contributed by atoms with Crippen LogP contribution in [-0.4, -0.2) is 32.6 Å². The Kier molecular flexibility index (Phi) is 5.24. The SMILES string of the molecule is CC1(CC(=O)NN=Cc2cccc([N+](=O)[O-])c2)SCCS1. The van der Waals surface area contributed by atoms with E-state index < -0.39 is 4.92 Å². The van der Waals surface area contributed by atoms with Crippen LogP contribution in [0.25, 0.3) is 0 Å². The fourth-order valence-electron chi connectivity index (χ4n) is 1.89. The maximum absolute atomic E-state index is 11.8. The average Bonchev–Trinajstić information content (AvgIpc) is 2.85. The van der Waals surface area contributed by atoms with Gasteiger partial charge in [-0.1, -0.05) is 12.1 Å². The molecular weight excluding hydrogens is 310 g/mol. The molecule has 112 valence electrons. The minimum absolute atomic E-state index is 0.00320. The van der Waals surface area contributed by atoms with Crippen molar-refractivity contribution < 1.29 is 9.72 Å². The van der Waals surface area contributed by atoms with E-state index in [4.69, 9.17) is 0 Å². The number of hydrazone groups is 1. The van der Waals surface area contributed by atoms with Gasteiger partial charge in [-0.2, -0.15) is 5.10 Å². The number of benzene rings is 1. The lowest BCUT2D eigenvalue weighted by Crippen LogP contribution is -2.26. The van der Waals surface area contributed by atoms with E-state index in [9.17, 15) is 14.9 Å². The van der Waals surface area contributed by atoms with Gasteiger partial charge in [0.05, 0.1) is 21.6 Å². The van der Waals surface area contributed by atoms with E-state index >= 15 is 0 Å². The quantitative estimate of drug-likeness (QED) is 0.511. The van der Waals surface area contributed by atoms with Gasteiger partial charge < -0.3 is 0 Å². The van der Waals surface area contributed by atoms with Gasteiger partial charge in [-0.15, -0.1) is 23.5 Å². The second-order valence-electron chi connectivity index (χ2n) is 4.65. The van der Waals surface area contributed by atoms with Crippen LogP contribution in [0.3, 0.4) is 0 Å². The van der Waals surface area contributed by atoms with Crippen molar-refractivity contribution in [2.45, 2.75) is 17.4 Å². The molecule has 0 unspecified atom stereocenters. The minimum atomic E-state index is -0.467. The smallest absolute Gasteiger partial charge is 0.270 e. The number of non-ortho nitro benzene ring substituents is 1. The molecular formula is C13H15N3O3S2. The van der Waals surface area contributed by atoms with Crippen LogP contribution >= 0.6 is 23.5 Å². The number of nitro groups is 1. The lowest BCUT2D eigenvalue weighted by Gasteiger charge is -2.19. The Balaban J connectivity index is 1.88. The fraction of sp³-hybridized carbons (Fsp3) is 0.385. The molecule has 0 spiro atoms. The van der Waals surface area contributed by atoms with E-state index in [0.717, 1.165) is 11.5 Å². The first kappa shape index (κ1) is 15.8. The van der Waals surface area contributed by atoms with E-state index in [0.29, 0.717) is 12.0 Å². The summed E-state index contributed by atoms with van der Waals surface area (Å²) in [4.78, 5) is 22.0. The Hall–Kier alpha value is -1.54. The first-order valence-corrected chi connectivity index (χ1v) is 8.30. The van der Waals surface area contributed by atoms with Gasteiger partial charge in [0.1, 0.15) is 0 Å². The molecule has 0 atom stereocenters. The molecule has 1 aliphatic rings. The summed E-state index contributed by atoms with van der Waals surface area (Å²) in [6.45, 7) is 2.05. The highest BCUT2D eigenvalue weighted by atomic mass is 32.2. The Morgan fingerprint density at radius 3 is 2.90 bits per heavy atom. The van der Waals surface area contributed by atoms with Crippen molar-refractivity contribution in [2.24, 2.45) is 5.10 Å². The molecule has 6 nitrogen and oxygen atoms in total. The highest BCUT2D eigenvalue weighted by Gasteiger charge is 2.32. The van der Waals surface area contributed by atoms with Crippen molar-refractivity contribution in [3.63, 3.8) is 0 Å². The Morgan fingerprint density at radius 2 is 2.24 bits per heavy atom. The lowest BCUT2D eigenvalue weighted by molar-refractivity contribution is -0.384. The van der Waals surface area contributed by atoms with Crippen LogP contribution in [0.1, 0.15) is 18.9 Å². The molecule has 1 fully saturated rings. The molecule has 1 aliphatic heterocycles. The number of carbonyl (C=O) groups excluding carboxylic acids is 1. The summed E-state index contributed by atoms with van der Waals surface area (Å²) < 4.78 is -0.0782. The molecule has 2 rings (SSSR count). The molecule has 1 aromatic rings. The molecule has 0 bridgehead atoms. The zero-order valence-electron chi connectivity index (χ0n) is 11.4. The molecule has 1 aromatic carbocycles. The molecule has 1 amide bonds. The van der Waals surface area contributed by atoms with Crippen molar-refractivity contribution in [1.82, 2.24) is 5.43 Å². The number of rotatable bonds is 5. The summed E-state index contributed by atoms with van der Waals surface area (Å²) >= 11 is 3.57. The summed E-state index contributed by atoms with van der Waals surface area (Å²) in [7, 11) is 0. The minimum Gasteiger partial charge on any atom is -0.273 e. The monoisotopic (exact) mass is 325 g/mol. The highest BCUT2D eigenvalue weighted by molar-refractivity contribution is 8.21. The standard InChI is InChI=1S/C13H15N3O3S2/c1-13(20-5-6-21-13)8-12(17)15-14-9-10-3-2-4-11(7-10)16(18)19/h2-4,7,9H,5-6,8H2,1H3,(H,15,17). The van der Waals surface area contributed by atoms with Crippen molar-refractivity contribution in [3.8, 4) is 0 Å². The topological polar surface area (TPSA) is 84.6 Å². The Labute approximate surface area is 130 Å². The first-order valence-electron chi connectivity index (χ1n) is 6.33. The van der Waals surface area contributed by atoms with Crippen LogP contribution in [-0.2, 0) is 4.79 Å². The third-order valence-electron chi connectivity index (χ3n) is 2.86. The van der Waals surface area contributed by atoms with E-state index in [1.165, 1.54) is 18.3 Å². The number of hydrogen-bond donors (Lipinski definition) is 1. The molecule has 1 heterocycles. The zero-order chi connectivity index (χ0) is 15.3. The average molecular weight is 325 g/mol. The maximum atomic E-state index is 11.8. The van der Waals surface area contributed by atoms with Crippen LogP contribution in [0.2, 0.25) is 0 Å². The fourth-order valence-corrected chi connectivity index (χ4v) is 4.72. The van der Waals surface area contributed by atoms with Gasteiger partial charge in [0.25, 0.3) is 5.69 Å². The number of nitro benzene ring substituents is 1. The van der Waals surface area contributed by atoms with Crippen LogP contribution in [0, 0.1) is 10.1 Å². The molecule has 21 heavy (non-hydrogen) atoms. The normalized spacial score (nSPS) is 17.0. The van der Waals surface area contributed by atoms with E-state index in [1.807, 2.05) is 0 Å². The lowest BCUT2D eigenvalue weighted by atomic mass is 10.2.